The average molecular weight is 330 g/mol. The summed E-state index contributed by atoms with van der Waals surface area (Å²) in [6.45, 7) is 5.22. The Kier molecular flexibility index (Phi) is 4.48. The summed E-state index contributed by atoms with van der Waals surface area (Å²) in [5.74, 6) is 0.437. The minimum absolute atomic E-state index is 0.154. The first kappa shape index (κ1) is 16.4. The van der Waals surface area contributed by atoms with E-state index < -0.39 is 5.60 Å². The van der Waals surface area contributed by atoms with Crippen molar-refractivity contribution in [2.24, 2.45) is 0 Å². The summed E-state index contributed by atoms with van der Waals surface area (Å²) in [5, 5.41) is 17.7. The Hall–Kier alpha value is -2.48. The molecule has 1 atom stereocenters. The summed E-state index contributed by atoms with van der Waals surface area (Å²) in [5.41, 5.74) is 0.854. The Labute approximate surface area is 140 Å². The molecule has 0 saturated carbocycles. The number of hydrogen-bond acceptors (Lipinski definition) is 6. The number of carbonyl (C=O) groups excluding carboxylic acids is 1. The van der Waals surface area contributed by atoms with Crippen LogP contribution in [0.4, 0.5) is 5.95 Å². The van der Waals surface area contributed by atoms with E-state index in [9.17, 15) is 9.90 Å². The molecule has 0 aromatic carbocycles. The molecule has 1 saturated heterocycles. The highest BCUT2D eigenvalue weighted by molar-refractivity contribution is 5.75. The highest BCUT2D eigenvalue weighted by Gasteiger charge is 2.37. The maximum Gasteiger partial charge on any atom is 0.241 e. The van der Waals surface area contributed by atoms with Crippen LogP contribution in [-0.4, -0.2) is 56.0 Å². The lowest BCUT2D eigenvalue weighted by molar-refractivity contribution is -0.123. The highest BCUT2D eigenvalue weighted by Crippen LogP contribution is 2.23. The van der Waals surface area contributed by atoms with Gasteiger partial charge in [0.25, 0.3) is 0 Å². The largest absolute Gasteiger partial charge is 0.386 e. The Bertz CT molecular complexity index is 717. The van der Waals surface area contributed by atoms with E-state index in [0.29, 0.717) is 25.5 Å². The average Bonchev–Trinajstić information content (AvgIpc) is 3.10. The second-order valence-corrected chi connectivity index (χ2v) is 6.31. The van der Waals surface area contributed by atoms with Gasteiger partial charge in [-0.3, -0.25) is 9.48 Å². The van der Waals surface area contributed by atoms with Crippen molar-refractivity contribution in [1.29, 1.82) is 0 Å². The Morgan fingerprint density at radius 3 is 2.79 bits per heavy atom. The molecule has 128 valence electrons. The number of hydrogen-bond donors (Lipinski definition) is 2. The standard InChI is InChI=1S/C16H22N6O2/c1-12-8-13(2)22(20-12)9-14(23)19-10-16(24)4-7-21(11-16)15-17-5-3-6-18-15/h3,5-6,8,24H,4,7,9-11H2,1-2H3,(H,19,23)/t16-/m0/s1. The third-order valence-electron chi connectivity index (χ3n) is 4.18. The molecule has 1 aliphatic rings. The van der Waals surface area contributed by atoms with Crippen LogP contribution < -0.4 is 10.2 Å². The van der Waals surface area contributed by atoms with Crippen LogP contribution in [0.25, 0.3) is 0 Å². The molecule has 2 N–H and O–H groups in total. The van der Waals surface area contributed by atoms with Crippen molar-refractivity contribution in [3.8, 4) is 0 Å². The second kappa shape index (κ2) is 6.56. The van der Waals surface area contributed by atoms with Crippen LogP contribution in [0, 0.1) is 13.8 Å². The molecule has 2 aromatic heterocycles. The van der Waals surface area contributed by atoms with E-state index in [0.717, 1.165) is 11.4 Å². The molecule has 0 unspecified atom stereocenters. The maximum absolute atomic E-state index is 12.1. The van der Waals surface area contributed by atoms with Crippen LogP contribution in [-0.2, 0) is 11.3 Å². The van der Waals surface area contributed by atoms with Crippen molar-refractivity contribution in [1.82, 2.24) is 25.1 Å². The van der Waals surface area contributed by atoms with E-state index >= 15 is 0 Å². The number of rotatable bonds is 5. The van der Waals surface area contributed by atoms with E-state index in [1.54, 1.807) is 23.1 Å². The normalized spacial score (nSPS) is 20.4. The third kappa shape index (κ3) is 3.70. The first-order chi connectivity index (χ1) is 11.5. The molecule has 0 spiro atoms. The lowest BCUT2D eigenvalue weighted by Crippen LogP contribution is -2.46. The van der Waals surface area contributed by atoms with Gasteiger partial charge in [0.1, 0.15) is 12.1 Å². The van der Waals surface area contributed by atoms with Crippen molar-refractivity contribution in [3.63, 3.8) is 0 Å². The van der Waals surface area contributed by atoms with Gasteiger partial charge in [0, 0.05) is 31.2 Å². The first-order valence-electron chi connectivity index (χ1n) is 7.97. The number of amides is 1. The molecule has 0 bridgehead atoms. The molecule has 1 amide bonds. The van der Waals surface area contributed by atoms with Crippen molar-refractivity contribution in [2.75, 3.05) is 24.5 Å². The van der Waals surface area contributed by atoms with Crippen LogP contribution in [0.15, 0.2) is 24.5 Å². The fourth-order valence-electron chi connectivity index (χ4n) is 2.92. The Morgan fingerprint density at radius 2 is 2.12 bits per heavy atom. The third-order valence-corrected chi connectivity index (χ3v) is 4.18. The van der Waals surface area contributed by atoms with Crippen molar-refractivity contribution < 1.29 is 9.90 Å². The van der Waals surface area contributed by atoms with E-state index in [4.69, 9.17) is 0 Å². The fraction of sp³-hybridized carbons (Fsp3) is 0.500. The molecule has 8 nitrogen and oxygen atoms in total. The van der Waals surface area contributed by atoms with Crippen molar-refractivity contribution >= 4 is 11.9 Å². The molecule has 8 heteroatoms. The molecule has 1 fully saturated rings. The molecule has 3 heterocycles. The smallest absolute Gasteiger partial charge is 0.241 e. The molecular weight excluding hydrogens is 308 g/mol. The summed E-state index contributed by atoms with van der Waals surface area (Å²) in [6.07, 6.45) is 3.91. The number of anilines is 1. The van der Waals surface area contributed by atoms with Crippen LogP contribution in [0.5, 0.6) is 0 Å². The predicted octanol–water partition coefficient (Wildman–Crippen LogP) is 0.0475. The summed E-state index contributed by atoms with van der Waals surface area (Å²) < 4.78 is 1.66. The van der Waals surface area contributed by atoms with Crippen LogP contribution in [0.1, 0.15) is 17.8 Å². The van der Waals surface area contributed by atoms with Gasteiger partial charge in [-0.2, -0.15) is 5.10 Å². The Morgan fingerprint density at radius 1 is 1.38 bits per heavy atom. The maximum atomic E-state index is 12.1. The summed E-state index contributed by atoms with van der Waals surface area (Å²) >= 11 is 0. The summed E-state index contributed by atoms with van der Waals surface area (Å²) in [6, 6.07) is 3.68. The molecule has 3 rings (SSSR count). The molecule has 0 aliphatic carbocycles. The fourth-order valence-corrected chi connectivity index (χ4v) is 2.92. The predicted molar refractivity (Wildman–Crippen MR) is 88.5 cm³/mol. The van der Waals surface area contributed by atoms with Gasteiger partial charge in [-0.15, -0.1) is 0 Å². The SMILES string of the molecule is Cc1cc(C)n(CC(=O)NC[C@@]2(O)CCN(c3ncccn3)C2)n1. The van der Waals surface area contributed by atoms with Gasteiger partial charge < -0.3 is 15.3 Å². The van der Waals surface area contributed by atoms with E-state index in [1.807, 2.05) is 24.8 Å². The van der Waals surface area contributed by atoms with Gasteiger partial charge in [0.15, 0.2) is 0 Å². The molecule has 0 radical (unpaired) electrons. The molecule has 24 heavy (non-hydrogen) atoms. The van der Waals surface area contributed by atoms with Gasteiger partial charge in [0.05, 0.1) is 12.2 Å². The number of nitrogens with one attached hydrogen (secondary N) is 1. The number of β-amino-alcohol motifs (C(OH)–C–C–N with tert-alkyl or cyclic N) is 1. The zero-order valence-corrected chi connectivity index (χ0v) is 13.9. The minimum atomic E-state index is -0.968. The molecule has 1 aliphatic heterocycles. The molecule has 2 aromatic rings. The van der Waals surface area contributed by atoms with E-state index in [1.165, 1.54) is 0 Å². The zero-order valence-electron chi connectivity index (χ0n) is 13.9. The van der Waals surface area contributed by atoms with E-state index in [2.05, 4.69) is 20.4 Å². The zero-order chi connectivity index (χ0) is 17.2. The van der Waals surface area contributed by atoms with Gasteiger partial charge in [-0.25, -0.2) is 9.97 Å². The lowest BCUT2D eigenvalue weighted by atomic mass is 10.0. The Balaban J connectivity index is 1.53. The second-order valence-electron chi connectivity index (χ2n) is 6.31. The topological polar surface area (TPSA) is 96.2 Å². The molecular formula is C16H22N6O2. The number of aromatic nitrogens is 4. The van der Waals surface area contributed by atoms with Gasteiger partial charge in [-0.1, -0.05) is 0 Å². The summed E-state index contributed by atoms with van der Waals surface area (Å²) in [4.78, 5) is 22.4. The van der Waals surface area contributed by atoms with Gasteiger partial charge in [0.2, 0.25) is 11.9 Å². The lowest BCUT2D eigenvalue weighted by Gasteiger charge is -2.23. The monoisotopic (exact) mass is 330 g/mol. The number of nitrogens with zero attached hydrogens (tertiary/aromatic N) is 5. The number of aryl methyl sites for hydroxylation is 2. The van der Waals surface area contributed by atoms with E-state index in [-0.39, 0.29) is 19.0 Å². The van der Waals surface area contributed by atoms with Crippen molar-refractivity contribution in [3.05, 3.63) is 35.9 Å². The minimum Gasteiger partial charge on any atom is -0.386 e. The van der Waals surface area contributed by atoms with Crippen LogP contribution in [0.3, 0.4) is 0 Å². The van der Waals surface area contributed by atoms with Crippen molar-refractivity contribution in [2.45, 2.75) is 32.4 Å². The number of carbonyl (C=O) groups is 1. The highest BCUT2D eigenvalue weighted by atomic mass is 16.3. The van der Waals surface area contributed by atoms with Crippen LogP contribution in [0.2, 0.25) is 0 Å². The summed E-state index contributed by atoms with van der Waals surface area (Å²) in [7, 11) is 0. The quantitative estimate of drug-likeness (QED) is 0.804. The number of aliphatic hydroxyl groups is 1. The van der Waals surface area contributed by atoms with Gasteiger partial charge >= 0.3 is 0 Å². The van der Waals surface area contributed by atoms with Crippen LogP contribution >= 0.6 is 0 Å². The van der Waals surface area contributed by atoms with Gasteiger partial charge in [-0.05, 0) is 32.4 Å². The first-order valence-corrected chi connectivity index (χ1v) is 7.97.